The van der Waals surface area contributed by atoms with E-state index in [1.165, 1.54) is 0 Å². The molecule has 0 fully saturated rings. The van der Waals surface area contributed by atoms with Gasteiger partial charge in [-0.3, -0.25) is 0 Å². The lowest BCUT2D eigenvalue weighted by molar-refractivity contribution is 0.390. The van der Waals surface area contributed by atoms with Crippen molar-refractivity contribution < 1.29 is 0 Å². The normalized spacial score (nSPS) is 12.5. The van der Waals surface area contributed by atoms with Crippen LogP contribution in [-0.2, 0) is 5.41 Å². The predicted octanol–water partition coefficient (Wildman–Crippen LogP) is 2.24. The average Bonchev–Trinajstić information content (AvgIpc) is 2.32. The summed E-state index contributed by atoms with van der Waals surface area (Å²) < 4.78 is 1.68. The maximum atomic E-state index is 4.13. The summed E-state index contributed by atoms with van der Waals surface area (Å²) in [6, 6.07) is 0. The molecule has 1 heterocycles. The van der Waals surface area contributed by atoms with Crippen molar-refractivity contribution in [2.45, 2.75) is 39.5 Å². The van der Waals surface area contributed by atoms with Gasteiger partial charge in [-0.05, 0) is 21.7 Å². The second kappa shape index (κ2) is 3.75. The quantitative estimate of drug-likeness (QED) is 0.699. The van der Waals surface area contributed by atoms with Crippen molar-refractivity contribution in [2.75, 3.05) is 0 Å². The molecule has 13 heavy (non-hydrogen) atoms. The third kappa shape index (κ3) is 2.77. The van der Waals surface area contributed by atoms with Gasteiger partial charge in [0.15, 0.2) is 0 Å². The smallest absolute Gasteiger partial charge is 0.0886 e. The highest BCUT2D eigenvalue weighted by Gasteiger charge is 2.24. The van der Waals surface area contributed by atoms with E-state index < -0.39 is 0 Å². The summed E-state index contributed by atoms with van der Waals surface area (Å²) in [6.07, 6.45) is 3.10. The van der Waals surface area contributed by atoms with Crippen LogP contribution in [-0.4, -0.2) is 14.8 Å². The molecule has 0 bridgehead atoms. The van der Waals surface area contributed by atoms with Crippen molar-refractivity contribution in [3.8, 4) is 0 Å². The summed E-state index contributed by atoms with van der Waals surface area (Å²) in [4.78, 5) is 0. The molecule has 3 nitrogen and oxygen atoms in total. The standard InChI is InChI=1S/C9H18N3P/c1-7(2)5-9(3,4)8-6-12(13)11-10-8/h6-7H,5,13H2,1-4H3. The Morgan fingerprint density at radius 3 is 2.54 bits per heavy atom. The van der Waals surface area contributed by atoms with E-state index in [1.807, 2.05) is 6.20 Å². The molecule has 0 N–H and O–H groups in total. The van der Waals surface area contributed by atoms with Crippen LogP contribution < -0.4 is 0 Å². The molecule has 1 rings (SSSR count). The van der Waals surface area contributed by atoms with E-state index in [0.29, 0.717) is 5.92 Å². The lowest BCUT2D eigenvalue weighted by atomic mass is 9.81. The SMILES string of the molecule is CC(C)CC(C)(C)c1cn(P)nn1. The van der Waals surface area contributed by atoms with Crippen molar-refractivity contribution in [3.63, 3.8) is 0 Å². The molecule has 4 heteroatoms. The highest BCUT2D eigenvalue weighted by atomic mass is 31.0. The van der Waals surface area contributed by atoms with Gasteiger partial charge >= 0.3 is 0 Å². The molecule has 0 radical (unpaired) electrons. The zero-order chi connectivity index (χ0) is 10.1. The van der Waals surface area contributed by atoms with Crippen molar-refractivity contribution in [3.05, 3.63) is 11.9 Å². The minimum atomic E-state index is 0.128. The molecule has 0 saturated carbocycles. The fourth-order valence-electron chi connectivity index (χ4n) is 1.71. The zero-order valence-corrected chi connectivity index (χ0v) is 9.94. The summed E-state index contributed by atoms with van der Waals surface area (Å²) in [5.41, 5.74) is 1.19. The van der Waals surface area contributed by atoms with E-state index >= 15 is 0 Å². The van der Waals surface area contributed by atoms with Crippen LogP contribution in [0.3, 0.4) is 0 Å². The second-order valence-corrected chi connectivity index (χ2v) is 5.09. The van der Waals surface area contributed by atoms with Crippen LogP contribution in [0.1, 0.15) is 39.8 Å². The molecule has 0 amide bonds. The highest BCUT2D eigenvalue weighted by molar-refractivity contribution is 7.14. The molecular formula is C9H18N3P. The van der Waals surface area contributed by atoms with E-state index in [1.54, 1.807) is 4.45 Å². The molecular weight excluding hydrogens is 181 g/mol. The molecule has 0 aliphatic heterocycles. The summed E-state index contributed by atoms with van der Waals surface area (Å²) >= 11 is 0. The van der Waals surface area contributed by atoms with Gasteiger partial charge in [0, 0.05) is 5.41 Å². The van der Waals surface area contributed by atoms with Gasteiger partial charge in [-0.15, -0.1) is 5.10 Å². The van der Waals surface area contributed by atoms with Crippen LogP contribution in [0, 0.1) is 5.92 Å². The number of hydrogen-bond donors (Lipinski definition) is 0. The Labute approximate surface area is 82.2 Å². The first-order valence-corrected chi connectivity index (χ1v) is 5.11. The monoisotopic (exact) mass is 199 g/mol. The molecule has 1 unspecified atom stereocenters. The highest BCUT2D eigenvalue weighted by Crippen LogP contribution is 2.28. The van der Waals surface area contributed by atoms with E-state index in [2.05, 4.69) is 47.4 Å². The topological polar surface area (TPSA) is 30.7 Å². The fraction of sp³-hybridized carbons (Fsp3) is 0.778. The van der Waals surface area contributed by atoms with E-state index in [0.717, 1.165) is 12.1 Å². The fourth-order valence-corrected chi connectivity index (χ4v) is 1.90. The molecule has 0 aliphatic rings. The molecule has 1 atom stereocenters. The summed E-state index contributed by atoms with van der Waals surface area (Å²) in [5.74, 6) is 0.685. The maximum absolute atomic E-state index is 4.13. The summed E-state index contributed by atoms with van der Waals surface area (Å²) in [7, 11) is 2.50. The Morgan fingerprint density at radius 2 is 2.15 bits per heavy atom. The minimum Gasteiger partial charge on any atom is -0.238 e. The van der Waals surface area contributed by atoms with Gasteiger partial charge in [0.1, 0.15) is 0 Å². The first kappa shape index (κ1) is 10.6. The third-order valence-corrected chi connectivity index (χ3v) is 2.37. The molecule has 0 aromatic carbocycles. The van der Waals surface area contributed by atoms with Gasteiger partial charge in [0.25, 0.3) is 0 Å². The average molecular weight is 199 g/mol. The van der Waals surface area contributed by atoms with Gasteiger partial charge in [-0.2, -0.15) is 0 Å². The molecule has 1 aromatic heterocycles. The van der Waals surface area contributed by atoms with E-state index in [4.69, 9.17) is 0 Å². The van der Waals surface area contributed by atoms with Gasteiger partial charge < -0.3 is 0 Å². The number of nitrogens with zero attached hydrogens (tertiary/aromatic N) is 3. The van der Waals surface area contributed by atoms with Gasteiger partial charge in [0.2, 0.25) is 0 Å². The van der Waals surface area contributed by atoms with Crippen molar-refractivity contribution in [1.82, 2.24) is 14.8 Å². The van der Waals surface area contributed by atoms with E-state index in [-0.39, 0.29) is 5.41 Å². The number of aromatic nitrogens is 3. The van der Waals surface area contributed by atoms with Gasteiger partial charge in [-0.25, -0.2) is 4.45 Å². The largest absolute Gasteiger partial charge is 0.238 e. The van der Waals surface area contributed by atoms with Crippen molar-refractivity contribution in [1.29, 1.82) is 0 Å². The third-order valence-electron chi connectivity index (χ3n) is 2.12. The maximum Gasteiger partial charge on any atom is 0.0886 e. The Morgan fingerprint density at radius 1 is 1.54 bits per heavy atom. The van der Waals surface area contributed by atoms with Crippen LogP contribution in [0.25, 0.3) is 0 Å². The lowest BCUT2D eigenvalue weighted by Crippen LogP contribution is -2.20. The Balaban J connectivity index is 2.80. The molecule has 0 aliphatic carbocycles. The first-order valence-electron chi connectivity index (χ1n) is 4.60. The lowest BCUT2D eigenvalue weighted by Gasteiger charge is -2.23. The molecule has 0 spiro atoms. The van der Waals surface area contributed by atoms with Crippen LogP contribution in [0.2, 0.25) is 0 Å². The summed E-state index contributed by atoms with van der Waals surface area (Å²) in [6.45, 7) is 8.88. The van der Waals surface area contributed by atoms with Crippen LogP contribution >= 0.6 is 9.39 Å². The predicted molar refractivity (Wildman–Crippen MR) is 57.6 cm³/mol. The Kier molecular flexibility index (Phi) is 3.07. The van der Waals surface area contributed by atoms with Crippen LogP contribution in [0.5, 0.6) is 0 Å². The first-order chi connectivity index (χ1) is 5.92. The number of rotatable bonds is 3. The molecule has 1 aromatic rings. The van der Waals surface area contributed by atoms with Crippen LogP contribution in [0.15, 0.2) is 6.20 Å². The second-order valence-electron chi connectivity index (χ2n) is 4.57. The Bertz CT molecular complexity index is 278. The zero-order valence-electron chi connectivity index (χ0n) is 8.78. The van der Waals surface area contributed by atoms with Crippen molar-refractivity contribution in [2.24, 2.45) is 5.92 Å². The molecule has 74 valence electrons. The van der Waals surface area contributed by atoms with Gasteiger partial charge in [0.05, 0.1) is 11.9 Å². The Hall–Kier alpha value is -0.430. The molecule has 0 saturated heterocycles. The van der Waals surface area contributed by atoms with Crippen LogP contribution in [0.4, 0.5) is 0 Å². The van der Waals surface area contributed by atoms with Gasteiger partial charge in [-0.1, -0.05) is 32.9 Å². The minimum absolute atomic E-state index is 0.128. The van der Waals surface area contributed by atoms with Crippen molar-refractivity contribution >= 4 is 9.39 Å². The number of hydrogen-bond acceptors (Lipinski definition) is 2. The summed E-state index contributed by atoms with van der Waals surface area (Å²) in [5, 5.41) is 8.05. The van der Waals surface area contributed by atoms with E-state index in [9.17, 15) is 0 Å².